The fraction of sp³-hybridized carbons (Fsp3) is 0.333. The Morgan fingerprint density at radius 2 is 2.06 bits per heavy atom. The van der Waals surface area contributed by atoms with Crippen LogP contribution < -0.4 is 10.2 Å². The van der Waals surface area contributed by atoms with Crippen LogP contribution in [0, 0.1) is 11.6 Å². The van der Waals surface area contributed by atoms with Gasteiger partial charge in [0.1, 0.15) is 11.6 Å². The molecule has 0 spiro atoms. The van der Waals surface area contributed by atoms with Crippen LogP contribution in [0.1, 0.15) is 41.0 Å². The van der Waals surface area contributed by atoms with Crippen molar-refractivity contribution in [2.45, 2.75) is 25.7 Å². The molecule has 0 atom stereocenters. The van der Waals surface area contributed by atoms with Crippen molar-refractivity contribution >= 4 is 23.2 Å². The molecular weight excluding hydrogens is 418 g/mol. The number of hydrogen-bond acceptors (Lipinski definition) is 7. The summed E-state index contributed by atoms with van der Waals surface area (Å²) < 4.78 is 27.1. The van der Waals surface area contributed by atoms with Gasteiger partial charge >= 0.3 is 0 Å². The van der Waals surface area contributed by atoms with Gasteiger partial charge < -0.3 is 10.2 Å². The van der Waals surface area contributed by atoms with Gasteiger partial charge in [0, 0.05) is 19.2 Å². The van der Waals surface area contributed by atoms with Gasteiger partial charge in [-0.05, 0) is 48.6 Å². The third-order valence-electron chi connectivity index (χ3n) is 5.68. The van der Waals surface area contributed by atoms with Crippen LogP contribution in [0.15, 0.2) is 30.0 Å². The van der Waals surface area contributed by atoms with Crippen molar-refractivity contribution in [2.75, 3.05) is 23.3 Å². The predicted octanol–water partition coefficient (Wildman–Crippen LogP) is 2.53. The number of nitrogens with zero attached hydrogens (tertiary/aromatic N) is 7. The molecule has 0 saturated carbocycles. The second kappa shape index (κ2) is 8.06. The number of rotatable bonds is 3. The van der Waals surface area contributed by atoms with Crippen molar-refractivity contribution in [2.24, 2.45) is 7.05 Å². The Labute approximate surface area is 182 Å². The summed E-state index contributed by atoms with van der Waals surface area (Å²) in [4.78, 5) is 25.1. The van der Waals surface area contributed by atoms with Crippen molar-refractivity contribution in [1.29, 1.82) is 0 Å². The highest BCUT2D eigenvalue weighted by atomic mass is 19.1. The molecule has 0 saturated heterocycles. The fourth-order valence-electron chi connectivity index (χ4n) is 4.13. The molecule has 0 fully saturated rings. The van der Waals surface area contributed by atoms with E-state index in [9.17, 15) is 13.6 Å². The van der Waals surface area contributed by atoms with Gasteiger partial charge in [0.25, 0.3) is 11.9 Å². The predicted molar refractivity (Wildman–Crippen MR) is 112 cm³/mol. The highest BCUT2D eigenvalue weighted by Gasteiger charge is 2.27. The average Bonchev–Trinajstić information content (AvgIpc) is 3.12. The third-order valence-corrected chi connectivity index (χ3v) is 5.68. The summed E-state index contributed by atoms with van der Waals surface area (Å²) in [5, 5.41) is 14.9. The van der Waals surface area contributed by atoms with Crippen LogP contribution in [0.5, 0.6) is 0 Å². The van der Waals surface area contributed by atoms with Gasteiger partial charge in [-0.3, -0.25) is 9.78 Å². The maximum Gasteiger partial charge on any atom is 0.266 e. The SMILES string of the molecule is Cn1nnc(N2CCC3=C(C2)c2ncc(NC(=O)c4ccc(F)cc4F)nc2CCC3)n1. The first-order valence-electron chi connectivity index (χ1n) is 10.3. The minimum absolute atomic E-state index is 0.227. The molecule has 3 aromatic rings. The van der Waals surface area contributed by atoms with Gasteiger partial charge in [0.05, 0.1) is 30.2 Å². The zero-order chi connectivity index (χ0) is 22.2. The van der Waals surface area contributed by atoms with Crippen LogP contribution in [-0.2, 0) is 13.5 Å². The Balaban J connectivity index is 1.40. The van der Waals surface area contributed by atoms with Gasteiger partial charge in [-0.2, -0.15) is 4.80 Å². The molecule has 1 aromatic carbocycles. The molecule has 32 heavy (non-hydrogen) atoms. The summed E-state index contributed by atoms with van der Waals surface area (Å²) in [5.41, 5.74) is 3.78. The molecule has 164 valence electrons. The molecule has 1 N–H and O–H groups in total. The van der Waals surface area contributed by atoms with Crippen molar-refractivity contribution < 1.29 is 13.6 Å². The maximum atomic E-state index is 13.9. The third kappa shape index (κ3) is 3.81. The molecule has 2 aromatic heterocycles. The van der Waals surface area contributed by atoms with Gasteiger partial charge in [0.2, 0.25) is 0 Å². The molecule has 1 aliphatic carbocycles. The Kier molecular flexibility index (Phi) is 5.08. The zero-order valence-corrected chi connectivity index (χ0v) is 17.3. The fourth-order valence-corrected chi connectivity index (χ4v) is 4.13. The second-order valence-corrected chi connectivity index (χ2v) is 7.81. The number of amides is 1. The lowest BCUT2D eigenvalue weighted by molar-refractivity contribution is 0.102. The Hall–Kier alpha value is -3.76. The van der Waals surface area contributed by atoms with E-state index in [1.807, 2.05) is 0 Å². The van der Waals surface area contributed by atoms with Crippen LogP contribution in [0.3, 0.4) is 0 Å². The number of nitrogens with one attached hydrogen (secondary N) is 1. The minimum atomic E-state index is -0.931. The normalized spacial score (nSPS) is 15.8. The van der Waals surface area contributed by atoms with E-state index in [0.717, 1.165) is 54.9 Å². The smallest absolute Gasteiger partial charge is 0.266 e. The van der Waals surface area contributed by atoms with E-state index in [1.165, 1.54) is 16.6 Å². The quantitative estimate of drug-likeness (QED) is 0.671. The highest BCUT2D eigenvalue weighted by molar-refractivity contribution is 6.03. The monoisotopic (exact) mass is 438 g/mol. The van der Waals surface area contributed by atoms with Crippen molar-refractivity contribution in [3.05, 3.63) is 58.6 Å². The molecule has 0 bridgehead atoms. The first-order valence-corrected chi connectivity index (χ1v) is 10.3. The largest absolute Gasteiger partial charge is 0.333 e. The van der Waals surface area contributed by atoms with E-state index in [1.54, 1.807) is 7.05 Å². The van der Waals surface area contributed by atoms with Crippen molar-refractivity contribution in [1.82, 2.24) is 30.2 Å². The van der Waals surface area contributed by atoms with Crippen molar-refractivity contribution in [3.8, 4) is 0 Å². The van der Waals surface area contributed by atoms with E-state index < -0.39 is 17.5 Å². The summed E-state index contributed by atoms with van der Waals surface area (Å²) in [6.07, 6.45) is 4.95. The van der Waals surface area contributed by atoms with E-state index in [2.05, 4.69) is 35.6 Å². The van der Waals surface area contributed by atoms with E-state index in [4.69, 9.17) is 0 Å². The van der Waals surface area contributed by atoms with Gasteiger partial charge in [-0.25, -0.2) is 13.8 Å². The molecule has 9 nitrogen and oxygen atoms in total. The maximum absolute atomic E-state index is 13.9. The number of aryl methyl sites for hydroxylation is 2. The van der Waals surface area contributed by atoms with Crippen LogP contribution in [0.2, 0.25) is 0 Å². The number of tetrazole rings is 1. The number of halogens is 2. The molecule has 1 aliphatic heterocycles. The van der Waals surface area contributed by atoms with Crippen LogP contribution in [0.4, 0.5) is 20.5 Å². The summed E-state index contributed by atoms with van der Waals surface area (Å²) in [6.45, 7) is 1.42. The van der Waals surface area contributed by atoms with Crippen LogP contribution >= 0.6 is 0 Å². The topological polar surface area (TPSA) is 102 Å². The molecule has 0 unspecified atom stereocenters. The summed E-state index contributed by atoms with van der Waals surface area (Å²) in [7, 11) is 1.73. The summed E-state index contributed by atoms with van der Waals surface area (Å²) >= 11 is 0. The van der Waals surface area contributed by atoms with E-state index in [-0.39, 0.29) is 11.4 Å². The Morgan fingerprint density at radius 1 is 1.19 bits per heavy atom. The lowest BCUT2D eigenvalue weighted by atomic mass is 9.96. The Bertz CT molecular complexity index is 1240. The first kappa shape index (κ1) is 20.2. The van der Waals surface area contributed by atoms with E-state index in [0.29, 0.717) is 25.0 Å². The van der Waals surface area contributed by atoms with Crippen molar-refractivity contribution in [3.63, 3.8) is 0 Å². The molecule has 5 rings (SSSR count). The second-order valence-electron chi connectivity index (χ2n) is 7.81. The number of anilines is 2. The number of hydrogen-bond donors (Lipinski definition) is 1. The van der Waals surface area contributed by atoms with Gasteiger partial charge in [-0.15, -0.1) is 5.10 Å². The van der Waals surface area contributed by atoms with Gasteiger partial charge in [-0.1, -0.05) is 10.7 Å². The lowest BCUT2D eigenvalue weighted by Crippen LogP contribution is -2.32. The molecule has 2 aliphatic rings. The first-order chi connectivity index (χ1) is 15.5. The average molecular weight is 438 g/mol. The standard InChI is InChI=1S/C21H20F2N8O/c1-30-28-21(27-29-30)31-8-7-12-3-2-4-17-19(15(12)11-31)24-10-18(25-17)26-20(32)14-6-5-13(22)9-16(14)23/h5-6,9-10H,2-4,7-8,11H2,1H3,(H,25,26,32). The van der Waals surface area contributed by atoms with Gasteiger partial charge in [0.15, 0.2) is 5.82 Å². The molecule has 0 radical (unpaired) electrons. The van der Waals surface area contributed by atoms with Crippen LogP contribution in [-0.4, -0.2) is 49.2 Å². The molecular formula is C21H20F2N8O. The number of carbonyl (C=O) groups is 1. The number of benzene rings is 1. The lowest BCUT2D eigenvalue weighted by Gasteiger charge is -2.29. The number of aromatic nitrogens is 6. The van der Waals surface area contributed by atoms with Crippen LogP contribution in [0.25, 0.3) is 5.57 Å². The number of fused-ring (bicyclic) bond motifs is 2. The highest BCUT2D eigenvalue weighted by Crippen LogP contribution is 2.34. The molecule has 1 amide bonds. The number of carbonyl (C=O) groups excluding carboxylic acids is 1. The summed E-state index contributed by atoms with van der Waals surface area (Å²) in [5.74, 6) is -1.58. The minimum Gasteiger partial charge on any atom is -0.333 e. The van der Waals surface area contributed by atoms with E-state index >= 15 is 0 Å². The summed E-state index contributed by atoms with van der Waals surface area (Å²) in [6, 6.07) is 2.81. The molecule has 3 heterocycles. The Morgan fingerprint density at radius 3 is 2.84 bits per heavy atom. The molecule has 11 heteroatoms. The zero-order valence-electron chi connectivity index (χ0n) is 17.3.